The summed E-state index contributed by atoms with van der Waals surface area (Å²) < 4.78 is 26.1. The summed E-state index contributed by atoms with van der Waals surface area (Å²) in [5.74, 6) is 2.36. The molecule has 0 saturated heterocycles. The van der Waals surface area contributed by atoms with Crippen molar-refractivity contribution in [1.82, 2.24) is 4.72 Å². The zero-order valence-electron chi connectivity index (χ0n) is 8.44. The first kappa shape index (κ1) is 12.0. The van der Waals surface area contributed by atoms with Gasteiger partial charge in [-0.25, -0.2) is 8.42 Å². The van der Waals surface area contributed by atoms with Crippen LogP contribution in [0, 0.1) is 12.3 Å². The lowest BCUT2D eigenvalue weighted by Crippen LogP contribution is -2.41. The summed E-state index contributed by atoms with van der Waals surface area (Å²) in [5.41, 5.74) is 4.97. The third-order valence-electron chi connectivity index (χ3n) is 1.61. The van der Waals surface area contributed by atoms with Crippen LogP contribution >= 0.6 is 11.3 Å². The summed E-state index contributed by atoms with van der Waals surface area (Å²) in [6.45, 7) is 3.23. The van der Waals surface area contributed by atoms with Gasteiger partial charge in [-0.3, -0.25) is 0 Å². The van der Waals surface area contributed by atoms with Gasteiger partial charge in [0.1, 0.15) is 4.21 Å². The minimum absolute atomic E-state index is 0.170. The van der Waals surface area contributed by atoms with E-state index < -0.39 is 15.6 Å². The molecule has 0 unspecified atom stereocenters. The second kappa shape index (κ2) is 3.85. The number of nitrogens with two attached hydrogens (primary N) is 1. The van der Waals surface area contributed by atoms with Gasteiger partial charge in [-0.15, -0.1) is 17.8 Å². The zero-order chi connectivity index (χ0) is 11.7. The van der Waals surface area contributed by atoms with Crippen LogP contribution in [0.5, 0.6) is 0 Å². The molecule has 82 valence electrons. The van der Waals surface area contributed by atoms with Crippen LogP contribution in [0.3, 0.4) is 0 Å². The van der Waals surface area contributed by atoms with Gasteiger partial charge in [0.2, 0.25) is 0 Å². The molecule has 0 aliphatic carbocycles. The van der Waals surface area contributed by atoms with Crippen LogP contribution in [0.25, 0.3) is 0 Å². The van der Waals surface area contributed by atoms with Gasteiger partial charge >= 0.3 is 0 Å². The fourth-order valence-corrected chi connectivity index (χ4v) is 3.31. The molecule has 0 bridgehead atoms. The van der Waals surface area contributed by atoms with Gasteiger partial charge < -0.3 is 5.73 Å². The van der Waals surface area contributed by atoms with Crippen LogP contribution in [-0.2, 0) is 10.0 Å². The molecule has 1 aromatic heterocycles. The van der Waals surface area contributed by atoms with Crippen LogP contribution in [0.1, 0.15) is 13.8 Å². The van der Waals surface area contributed by atoms with Crippen molar-refractivity contribution in [1.29, 1.82) is 0 Å². The first-order chi connectivity index (χ1) is 6.77. The third-order valence-corrected chi connectivity index (χ3v) is 4.72. The van der Waals surface area contributed by atoms with Gasteiger partial charge in [-0.1, -0.05) is 5.92 Å². The Morgan fingerprint density at radius 3 is 2.60 bits per heavy atom. The molecule has 1 aromatic rings. The molecule has 0 saturated carbocycles. The van der Waals surface area contributed by atoms with E-state index in [4.69, 9.17) is 12.2 Å². The molecule has 0 radical (unpaired) electrons. The van der Waals surface area contributed by atoms with E-state index in [1.165, 1.54) is 6.07 Å². The first-order valence-corrected chi connectivity index (χ1v) is 6.49. The Kier molecular flexibility index (Phi) is 3.09. The summed E-state index contributed by atoms with van der Waals surface area (Å²) in [5, 5.41) is 1.57. The Morgan fingerprint density at radius 2 is 2.20 bits per heavy atom. The van der Waals surface area contributed by atoms with Crippen molar-refractivity contribution in [2.45, 2.75) is 23.6 Å². The van der Waals surface area contributed by atoms with Gasteiger partial charge in [0.15, 0.2) is 0 Å². The second-order valence-corrected chi connectivity index (χ2v) is 6.39. The SMILES string of the molecule is C#CC(C)(C)NS(=O)(=O)c1cc(N)cs1. The molecule has 0 aliphatic heterocycles. The van der Waals surface area contributed by atoms with Crippen molar-refractivity contribution in [3.05, 3.63) is 11.4 Å². The fourth-order valence-electron chi connectivity index (χ4n) is 0.887. The molecular formula is C9H12N2O2S2. The van der Waals surface area contributed by atoms with E-state index in [0.717, 1.165) is 11.3 Å². The van der Waals surface area contributed by atoms with Gasteiger partial charge in [0, 0.05) is 11.1 Å². The Morgan fingerprint density at radius 1 is 1.60 bits per heavy atom. The van der Waals surface area contributed by atoms with E-state index >= 15 is 0 Å². The van der Waals surface area contributed by atoms with Crippen LogP contribution in [-0.4, -0.2) is 14.0 Å². The highest BCUT2D eigenvalue weighted by molar-refractivity contribution is 7.91. The van der Waals surface area contributed by atoms with Gasteiger partial charge in [0.25, 0.3) is 10.0 Å². The summed E-state index contributed by atoms with van der Waals surface area (Å²) >= 11 is 1.06. The maximum Gasteiger partial charge on any atom is 0.251 e. The number of hydrogen-bond acceptors (Lipinski definition) is 4. The van der Waals surface area contributed by atoms with Crippen molar-refractivity contribution in [2.75, 3.05) is 5.73 Å². The van der Waals surface area contributed by atoms with Crippen molar-refractivity contribution in [2.24, 2.45) is 0 Å². The lowest BCUT2D eigenvalue weighted by molar-refractivity contribution is 0.541. The summed E-state index contributed by atoms with van der Waals surface area (Å²) in [6, 6.07) is 1.40. The van der Waals surface area contributed by atoms with Crippen molar-refractivity contribution in [3.63, 3.8) is 0 Å². The lowest BCUT2D eigenvalue weighted by Gasteiger charge is -2.18. The lowest BCUT2D eigenvalue weighted by atomic mass is 10.1. The normalized spacial score (nSPS) is 12.3. The number of thiophene rings is 1. The maximum atomic E-state index is 11.8. The average molecular weight is 244 g/mol. The molecule has 1 heterocycles. The van der Waals surface area contributed by atoms with Gasteiger partial charge in [-0.2, -0.15) is 4.72 Å². The molecule has 6 heteroatoms. The van der Waals surface area contributed by atoms with Crippen LogP contribution in [0.4, 0.5) is 5.69 Å². The summed E-state index contributed by atoms with van der Waals surface area (Å²) in [4.78, 5) is 0. The quantitative estimate of drug-likeness (QED) is 0.780. The molecule has 0 amide bonds. The highest BCUT2D eigenvalue weighted by Crippen LogP contribution is 2.22. The van der Waals surface area contributed by atoms with Crippen LogP contribution in [0.2, 0.25) is 0 Å². The molecule has 1 rings (SSSR count). The molecular weight excluding hydrogens is 232 g/mol. The monoisotopic (exact) mass is 244 g/mol. The fraction of sp³-hybridized carbons (Fsp3) is 0.333. The third kappa shape index (κ3) is 2.96. The van der Waals surface area contributed by atoms with Crippen LogP contribution < -0.4 is 10.5 Å². The number of nitrogen functional groups attached to an aromatic ring is 1. The predicted octanol–water partition coefficient (Wildman–Crippen LogP) is 1.02. The van der Waals surface area contributed by atoms with E-state index in [-0.39, 0.29) is 4.21 Å². The van der Waals surface area contributed by atoms with E-state index in [1.54, 1.807) is 19.2 Å². The number of sulfonamides is 1. The molecule has 0 spiro atoms. The molecule has 15 heavy (non-hydrogen) atoms. The first-order valence-electron chi connectivity index (χ1n) is 4.12. The maximum absolute atomic E-state index is 11.8. The van der Waals surface area contributed by atoms with E-state index in [0.29, 0.717) is 5.69 Å². The van der Waals surface area contributed by atoms with E-state index in [9.17, 15) is 8.42 Å². The molecule has 0 atom stereocenters. The molecule has 0 aromatic carbocycles. The standard InChI is InChI=1S/C9H12N2O2S2/c1-4-9(2,3)11-15(12,13)8-5-7(10)6-14-8/h1,5-6,11H,10H2,2-3H3. The number of nitrogens with one attached hydrogen (secondary N) is 1. The Bertz CT molecular complexity index is 494. The summed E-state index contributed by atoms with van der Waals surface area (Å²) in [7, 11) is -3.56. The Labute approximate surface area is 93.5 Å². The highest BCUT2D eigenvalue weighted by atomic mass is 32.2. The predicted molar refractivity (Wildman–Crippen MR) is 62.0 cm³/mol. The summed E-state index contributed by atoms with van der Waals surface area (Å²) in [6.07, 6.45) is 5.20. The van der Waals surface area contributed by atoms with E-state index in [2.05, 4.69) is 10.6 Å². The average Bonchev–Trinajstić information content (AvgIpc) is 2.51. The van der Waals surface area contributed by atoms with Crippen molar-refractivity contribution < 1.29 is 8.42 Å². The topological polar surface area (TPSA) is 72.2 Å². The molecule has 0 aliphatic rings. The van der Waals surface area contributed by atoms with Crippen molar-refractivity contribution in [3.8, 4) is 12.3 Å². The largest absolute Gasteiger partial charge is 0.398 e. The highest BCUT2D eigenvalue weighted by Gasteiger charge is 2.25. The molecule has 0 fully saturated rings. The minimum atomic E-state index is -3.56. The molecule has 3 N–H and O–H groups in total. The zero-order valence-corrected chi connectivity index (χ0v) is 10.1. The molecule has 4 nitrogen and oxygen atoms in total. The number of anilines is 1. The number of rotatable bonds is 3. The van der Waals surface area contributed by atoms with Crippen LogP contribution in [0.15, 0.2) is 15.7 Å². The number of hydrogen-bond donors (Lipinski definition) is 2. The van der Waals surface area contributed by atoms with Crippen molar-refractivity contribution >= 4 is 27.0 Å². The second-order valence-electron chi connectivity index (χ2n) is 3.57. The minimum Gasteiger partial charge on any atom is -0.398 e. The Hall–Kier alpha value is -1.03. The number of terminal acetylenes is 1. The Balaban J connectivity index is 3.01. The van der Waals surface area contributed by atoms with Gasteiger partial charge in [0.05, 0.1) is 5.54 Å². The smallest absolute Gasteiger partial charge is 0.251 e. The van der Waals surface area contributed by atoms with E-state index in [1.807, 2.05) is 0 Å². The van der Waals surface area contributed by atoms with Gasteiger partial charge in [-0.05, 0) is 19.9 Å².